The maximum atomic E-state index is 4.35. The minimum Gasteiger partial charge on any atom is -0.331 e. The molecule has 90 valence electrons. The van der Waals surface area contributed by atoms with Crippen molar-refractivity contribution in [2.45, 2.75) is 0 Å². The Labute approximate surface area is 125 Å². The number of aromatic nitrogens is 1. The van der Waals surface area contributed by atoms with Crippen LogP contribution in [0.2, 0.25) is 0 Å². The summed E-state index contributed by atoms with van der Waals surface area (Å²) in [7, 11) is 0. The predicted octanol–water partition coefficient (Wildman–Crippen LogP) is 5.56. The molecule has 0 unspecified atom stereocenters. The highest BCUT2D eigenvalue weighted by Gasteiger charge is 2.06. The Hall–Kier alpha value is -0.910. The van der Waals surface area contributed by atoms with E-state index in [1.165, 1.54) is 10.8 Å². The third-order valence-corrected chi connectivity index (χ3v) is 4.75. The molecule has 0 aliphatic rings. The summed E-state index contributed by atoms with van der Waals surface area (Å²) >= 11 is 8.51. The van der Waals surface area contributed by atoms with Crippen molar-refractivity contribution in [2.75, 3.05) is 5.32 Å². The highest BCUT2D eigenvalue weighted by atomic mass is 79.9. The second-order valence-electron chi connectivity index (χ2n) is 3.74. The van der Waals surface area contributed by atoms with Gasteiger partial charge in [0.25, 0.3) is 0 Å². The van der Waals surface area contributed by atoms with Crippen LogP contribution in [0.1, 0.15) is 0 Å². The van der Waals surface area contributed by atoms with Crippen LogP contribution >= 0.6 is 43.2 Å². The zero-order valence-electron chi connectivity index (χ0n) is 9.15. The number of thiazole rings is 1. The fraction of sp³-hybridized carbons (Fsp3) is 0. The van der Waals surface area contributed by atoms with Crippen LogP contribution in [0.5, 0.6) is 0 Å². The number of anilines is 2. The summed E-state index contributed by atoms with van der Waals surface area (Å²) in [5.41, 5.74) is 1.07. The van der Waals surface area contributed by atoms with Gasteiger partial charge < -0.3 is 5.32 Å². The van der Waals surface area contributed by atoms with Gasteiger partial charge in [-0.2, -0.15) is 0 Å². The van der Waals surface area contributed by atoms with Crippen LogP contribution in [0, 0.1) is 0 Å². The maximum absolute atomic E-state index is 4.35. The van der Waals surface area contributed by atoms with Gasteiger partial charge in [-0.25, -0.2) is 4.98 Å². The largest absolute Gasteiger partial charge is 0.331 e. The van der Waals surface area contributed by atoms with E-state index in [9.17, 15) is 0 Å². The Morgan fingerprint density at radius 2 is 1.78 bits per heavy atom. The molecule has 0 atom stereocenters. The van der Waals surface area contributed by atoms with Crippen molar-refractivity contribution in [3.8, 4) is 0 Å². The molecule has 2 aromatic carbocycles. The number of hydrogen-bond donors (Lipinski definition) is 1. The van der Waals surface area contributed by atoms with E-state index in [1.807, 2.05) is 23.6 Å². The number of benzene rings is 2. The summed E-state index contributed by atoms with van der Waals surface area (Å²) in [6.45, 7) is 0. The normalized spacial score (nSPS) is 10.8. The summed E-state index contributed by atoms with van der Waals surface area (Å²) in [6, 6.07) is 12.4. The monoisotopic (exact) mass is 382 g/mol. The molecule has 1 N–H and O–H groups in total. The fourth-order valence-electron chi connectivity index (χ4n) is 1.80. The van der Waals surface area contributed by atoms with Gasteiger partial charge in [-0.15, -0.1) is 11.3 Å². The van der Waals surface area contributed by atoms with Crippen LogP contribution < -0.4 is 5.32 Å². The average molecular weight is 384 g/mol. The molecule has 1 aromatic heterocycles. The van der Waals surface area contributed by atoms with Gasteiger partial charge >= 0.3 is 0 Å². The Kier molecular flexibility index (Phi) is 3.37. The number of nitrogens with one attached hydrogen (secondary N) is 1. The molecular weight excluding hydrogens is 376 g/mol. The molecule has 3 rings (SSSR count). The minimum atomic E-state index is 0.858. The highest BCUT2D eigenvalue weighted by Crippen LogP contribution is 2.32. The van der Waals surface area contributed by atoms with E-state index in [1.54, 1.807) is 11.3 Å². The first kappa shape index (κ1) is 12.1. The molecule has 0 radical (unpaired) electrons. The molecule has 0 spiro atoms. The summed E-state index contributed by atoms with van der Waals surface area (Å²) < 4.78 is 1.96. The lowest BCUT2D eigenvalue weighted by atomic mass is 10.1. The summed E-state index contributed by atoms with van der Waals surface area (Å²) in [5.74, 6) is 0. The Morgan fingerprint density at radius 3 is 2.50 bits per heavy atom. The van der Waals surface area contributed by atoms with Gasteiger partial charge in [-0.05, 0) is 33.4 Å². The lowest BCUT2D eigenvalue weighted by Crippen LogP contribution is -1.91. The van der Waals surface area contributed by atoms with Crippen LogP contribution in [-0.4, -0.2) is 4.98 Å². The molecule has 0 aliphatic carbocycles. The van der Waals surface area contributed by atoms with E-state index < -0.39 is 0 Å². The molecule has 18 heavy (non-hydrogen) atoms. The van der Waals surface area contributed by atoms with Crippen molar-refractivity contribution < 1.29 is 0 Å². The van der Waals surface area contributed by atoms with Gasteiger partial charge in [-0.1, -0.05) is 40.2 Å². The Balaban J connectivity index is 2.09. The molecule has 0 aliphatic heterocycles. The van der Waals surface area contributed by atoms with E-state index in [0.29, 0.717) is 0 Å². The quantitative estimate of drug-likeness (QED) is 0.626. The first-order chi connectivity index (χ1) is 8.74. The molecular formula is C13H8Br2N2S. The van der Waals surface area contributed by atoms with Crippen LogP contribution in [-0.2, 0) is 0 Å². The van der Waals surface area contributed by atoms with Gasteiger partial charge in [0.2, 0.25) is 0 Å². The van der Waals surface area contributed by atoms with Crippen molar-refractivity contribution in [1.29, 1.82) is 0 Å². The number of rotatable bonds is 2. The summed E-state index contributed by atoms with van der Waals surface area (Å²) in [5, 5.41) is 8.57. The highest BCUT2D eigenvalue weighted by molar-refractivity contribution is 9.10. The smallest absolute Gasteiger partial charge is 0.188 e. The van der Waals surface area contributed by atoms with Crippen molar-refractivity contribution in [2.24, 2.45) is 0 Å². The van der Waals surface area contributed by atoms with Crippen molar-refractivity contribution in [3.05, 3.63) is 50.9 Å². The second kappa shape index (κ2) is 4.99. The number of nitrogens with zero attached hydrogens (tertiary/aromatic N) is 1. The van der Waals surface area contributed by atoms with Gasteiger partial charge in [0.05, 0.1) is 0 Å². The predicted molar refractivity (Wildman–Crippen MR) is 84.7 cm³/mol. The second-order valence-corrected chi connectivity index (χ2v) is 6.27. The van der Waals surface area contributed by atoms with Crippen LogP contribution in [0.3, 0.4) is 0 Å². The summed E-state index contributed by atoms with van der Waals surface area (Å²) in [4.78, 5) is 4.35. The van der Waals surface area contributed by atoms with Gasteiger partial charge in [0.15, 0.2) is 5.13 Å². The van der Waals surface area contributed by atoms with Gasteiger partial charge in [-0.3, -0.25) is 0 Å². The number of hydrogen-bond acceptors (Lipinski definition) is 3. The topological polar surface area (TPSA) is 24.9 Å². The SMILES string of the molecule is Brc1csc(Nc2ccc(Br)c3ccccc23)n1. The average Bonchev–Trinajstić information content (AvgIpc) is 2.79. The van der Waals surface area contributed by atoms with E-state index in [-0.39, 0.29) is 0 Å². The Bertz CT molecular complexity index is 709. The molecule has 5 heteroatoms. The Morgan fingerprint density at radius 1 is 1.00 bits per heavy atom. The zero-order chi connectivity index (χ0) is 12.5. The van der Waals surface area contributed by atoms with Crippen LogP contribution in [0.25, 0.3) is 10.8 Å². The zero-order valence-corrected chi connectivity index (χ0v) is 13.1. The lowest BCUT2D eigenvalue weighted by molar-refractivity contribution is 1.35. The van der Waals surface area contributed by atoms with Crippen LogP contribution in [0.4, 0.5) is 10.8 Å². The number of fused-ring (bicyclic) bond motifs is 1. The molecule has 0 saturated carbocycles. The van der Waals surface area contributed by atoms with Crippen molar-refractivity contribution in [3.63, 3.8) is 0 Å². The minimum absolute atomic E-state index is 0.858. The fourth-order valence-corrected chi connectivity index (χ4v) is 3.43. The molecule has 0 amide bonds. The van der Waals surface area contributed by atoms with Crippen LogP contribution in [0.15, 0.2) is 50.9 Å². The standard InChI is InChI=1S/C13H8Br2N2S/c14-10-5-6-11(9-4-2-1-3-8(9)10)16-13-17-12(15)7-18-13/h1-7H,(H,16,17). The van der Waals surface area contributed by atoms with E-state index in [4.69, 9.17) is 0 Å². The third kappa shape index (κ3) is 2.30. The molecule has 2 nitrogen and oxygen atoms in total. The van der Waals surface area contributed by atoms with E-state index in [0.717, 1.165) is 19.9 Å². The molecule has 0 bridgehead atoms. The summed E-state index contributed by atoms with van der Waals surface area (Å²) in [6.07, 6.45) is 0. The first-order valence-corrected chi connectivity index (χ1v) is 7.76. The van der Waals surface area contributed by atoms with Gasteiger partial charge in [0.1, 0.15) is 4.60 Å². The van der Waals surface area contributed by atoms with Gasteiger partial charge in [0, 0.05) is 20.9 Å². The van der Waals surface area contributed by atoms with Crippen molar-refractivity contribution >= 4 is 64.8 Å². The van der Waals surface area contributed by atoms with Crippen molar-refractivity contribution in [1.82, 2.24) is 4.98 Å². The molecule has 0 fully saturated rings. The van der Waals surface area contributed by atoms with E-state index in [2.05, 4.69) is 60.4 Å². The van der Waals surface area contributed by atoms with E-state index >= 15 is 0 Å². The first-order valence-electron chi connectivity index (χ1n) is 5.29. The molecule has 3 aromatic rings. The third-order valence-electron chi connectivity index (χ3n) is 2.59. The lowest BCUT2D eigenvalue weighted by Gasteiger charge is -2.08. The molecule has 1 heterocycles. The number of halogens is 2. The maximum Gasteiger partial charge on any atom is 0.188 e. The molecule has 0 saturated heterocycles.